The Bertz CT molecular complexity index is 341. The molecule has 0 unspecified atom stereocenters. The van der Waals surface area contributed by atoms with Crippen molar-refractivity contribution in [2.45, 2.75) is 63.5 Å². The molecule has 4 nitrogen and oxygen atoms in total. The first-order valence-corrected chi connectivity index (χ1v) is 8.52. The van der Waals surface area contributed by atoms with E-state index in [1.165, 1.54) is 45.2 Å². The van der Waals surface area contributed by atoms with Gasteiger partial charge in [-0.3, -0.25) is 4.79 Å². The van der Waals surface area contributed by atoms with E-state index in [0.717, 1.165) is 32.4 Å². The summed E-state index contributed by atoms with van der Waals surface area (Å²) in [4.78, 5) is 17.5. The van der Waals surface area contributed by atoms with Crippen molar-refractivity contribution in [1.82, 2.24) is 9.80 Å². The van der Waals surface area contributed by atoms with Gasteiger partial charge >= 0.3 is 0 Å². The van der Waals surface area contributed by atoms with Crippen LogP contribution in [0.5, 0.6) is 0 Å². The molecule has 2 heterocycles. The van der Waals surface area contributed by atoms with Gasteiger partial charge in [-0.25, -0.2) is 0 Å². The van der Waals surface area contributed by atoms with Crippen LogP contribution in [0.25, 0.3) is 0 Å². The number of amides is 1. The second-order valence-electron chi connectivity index (χ2n) is 6.96. The Kier molecular flexibility index (Phi) is 4.61. The number of carbonyl (C=O) groups is 1. The monoisotopic (exact) mass is 279 g/mol. The van der Waals surface area contributed by atoms with Crippen molar-refractivity contribution < 1.29 is 4.79 Å². The summed E-state index contributed by atoms with van der Waals surface area (Å²) in [5.41, 5.74) is 5.97. The molecule has 1 aliphatic carbocycles. The summed E-state index contributed by atoms with van der Waals surface area (Å²) < 4.78 is 0. The molecule has 3 atom stereocenters. The number of nitrogens with zero attached hydrogens (tertiary/aromatic N) is 2. The third kappa shape index (κ3) is 3.17. The molecule has 0 bridgehead atoms. The van der Waals surface area contributed by atoms with E-state index >= 15 is 0 Å². The third-order valence-electron chi connectivity index (χ3n) is 5.40. The minimum Gasteiger partial charge on any atom is -0.338 e. The summed E-state index contributed by atoms with van der Waals surface area (Å²) in [7, 11) is 0. The Labute approximate surface area is 122 Å². The predicted octanol–water partition coefficient (Wildman–Crippen LogP) is 1.59. The van der Waals surface area contributed by atoms with Gasteiger partial charge in [-0.2, -0.15) is 0 Å². The zero-order valence-electron chi connectivity index (χ0n) is 12.6. The summed E-state index contributed by atoms with van der Waals surface area (Å²) in [5.74, 6) is 0.615. The van der Waals surface area contributed by atoms with Gasteiger partial charge in [-0.1, -0.05) is 6.42 Å². The molecule has 3 aliphatic rings. The molecule has 4 heteroatoms. The molecule has 0 spiro atoms. The van der Waals surface area contributed by atoms with Gasteiger partial charge in [-0.15, -0.1) is 0 Å². The van der Waals surface area contributed by atoms with Gasteiger partial charge in [-0.05, 0) is 58.0 Å². The highest BCUT2D eigenvalue weighted by Gasteiger charge is 2.36. The molecular weight excluding hydrogens is 250 g/mol. The van der Waals surface area contributed by atoms with Crippen LogP contribution in [0.3, 0.4) is 0 Å². The Morgan fingerprint density at radius 2 is 1.80 bits per heavy atom. The normalized spacial score (nSPS) is 35.6. The molecule has 114 valence electrons. The Morgan fingerprint density at radius 1 is 1.00 bits per heavy atom. The highest BCUT2D eigenvalue weighted by molar-refractivity contribution is 5.79. The zero-order chi connectivity index (χ0) is 13.9. The first kappa shape index (κ1) is 14.3. The number of rotatable bonds is 3. The van der Waals surface area contributed by atoms with Gasteiger partial charge in [0.05, 0.1) is 0 Å². The lowest BCUT2D eigenvalue weighted by Gasteiger charge is -2.34. The maximum atomic E-state index is 12.7. The fourth-order valence-electron chi connectivity index (χ4n) is 4.23. The van der Waals surface area contributed by atoms with Crippen molar-refractivity contribution >= 4 is 5.91 Å². The largest absolute Gasteiger partial charge is 0.338 e. The van der Waals surface area contributed by atoms with Crippen molar-refractivity contribution in [3.8, 4) is 0 Å². The number of hydrogen-bond acceptors (Lipinski definition) is 3. The van der Waals surface area contributed by atoms with E-state index in [1.54, 1.807) is 0 Å². The lowest BCUT2D eigenvalue weighted by atomic mass is 10.0. The van der Waals surface area contributed by atoms with E-state index in [4.69, 9.17) is 5.73 Å². The topological polar surface area (TPSA) is 49.6 Å². The van der Waals surface area contributed by atoms with Gasteiger partial charge in [0.1, 0.15) is 0 Å². The first-order valence-electron chi connectivity index (χ1n) is 8.52. The second-order valence-corrected chi connectivity index (χ2v) is 6.96. The van der Waals surface area contributed by atoms with Crippen LogP contribution in [-0.4, -0.2) is 54.0 Å². The first-order chi connectivity index (χ1) is 9.74. The summed E-state index contributed by atoms with van der Waals surface area (Å²) in [6.07, 6.45) is 9.36. The molecule has 1 saturated carbocycles. The number of nitrogens with two attached hydrogens (primary N) is 1. The summed E-state index contributed by atoms with van der Waals surface area (Å²) in [6.45, 7) is 4.53. The van der Waals surface area contributed by atoms with Crippen LogP contribution in [0, 0.1) is 5.92 Å². The molecular formula is C16H29N3O. The average molecular weight is 279 g/mol. The molecule has 2 aliphatic heterocycles. The minimum atomic E-state index is 0.215. The molecule has 0 aromatic heterocycles. The highest BCUT2D eigenvalue weighted by atomic mass is 16.2. The fraction of sp³-hybridized carbons (Fsp3) is 0.938. The van der Waals surface area contributed by atoms with E-state index in [2.05, 4.69) is 9.80 Å². The van der Waals surface area contributed by atoms with Crippen LogP contribution in [0.4, 0.5) is 0 Å². The lowest BCUT2D eigenvalue weighted by molar-refractivity contribution is -0.136. The zero-order valence-corrected chi connectivity index (χ0v) is 12.6. The quantitative estimate of drug-likeness (QED) is 0.853. The standard InChI is InChI=1S/C16H29N3O/c17-14-7-6-13(11-14)16(20)19-10-4-5-15(19)12-18-8-2-1-3-9-18/h13-15H,1-12,17H2/t13-,14-,15-/m1/s1. The van der Waals surface area contributed by atoms with Crippen molar-refractivity contribution in [3.63, 3.8) is 0 Å². The number of piperidine rings is 1. The molecule has 2 saturated heterocycles. The van der Waals surface area contributed by atoms with Crippen LogP contribution in [0.15, 0.2) is 0 Å². The number of carbonyl (C=O) groups excluding carboxylic acids is 1. The molecule has 0 aromatic carbocycles. The van der Waals surface area contributed by atoms with E-state index in [1.807, 2.05) is 0 Å². The van der Waals surface area contributed by atoms with E-state index in [0.29, 0.717) is 11.9 Å². The van der Waals surface area contributed by atoms with Crippen molar-refractivity contribution in [3.05, 3.63) is 0 Å². The van der Waals surface area contributed by atoms with Crippen LogP contribution < -0.4 is 5.73 Å². The summed E-state index contributed by atoms with van der Waals surface area (Å²) in [5, 5.41) is 0. The number of hydrogen-bond donors (Lipinski definition) is 1. The predicted molar refractivity (Wildman–Crippen MR) is 80.3 cm³/mol. The molecule has 20 heavy (non-hydrogen) atoms. The van der Waals surface area contributed by atoms with Gasteiger partial charge < -0.3 is 15.5 Å². The Balaban J connectivity index is 1.55. The third-order valence-corrected chi connectivity index (χ3v) is 5.40. The van der Waals surface area contributed by atoms with E-state index < -0.39 is 0 Å². The molecule has 3 rings (SSSR count). The molecule has 3 fully saturated rings. The SMILES string of the molecule is N[C@@H]1CC[C@@H](C(=O)N2CCC[C@@H]2CN2CCCCC2)C1. The summed E-state index contributed by atoms with van der Waals surface area (Å²) in [6, 6.07) is 0.726. The van der Waals surface area contributed by atoms with Crippen molar-refractivity contribution in [1.29, 1.82) is 0 Å². The minimum absolute atomic E-state index is 0.215. The maximum absolute atomic E-state index is 12.7. The van der Waals surface area contributed by atoms with Gasteiger partial charge in [0.2, 0.25) is 5.91 Å². The van der Waals surface area contributed by atoms with Crippen LogP contribution >= 0.6 is 0 Å². The van der Waals surface area contributed by atoms with Gasteiger partial charge in [0.15, 0.2) is 0 Å². The van der Waals surface area contributed by atoms with Crippen LogP contribution in [0.2, 0.25) is 0 Å². The van der Waals surface area contributed by atoms with E-state index in [9.17, 15) is 4.79 Å². The maximum Gasteiger partial charge on any atom is 0.226 e. The highest BCUT2D eigenvalue weighted by Crippen LogP contribution is 2.29. The van der Waals surface area contributed by atoms with Crippen LogP contribution in [0.1, 0.15) is 51.4 Å². The lowest BCUT2D eigenvalue weighted by Crippen LogP contribution is -2.46. The molecule has 0 radical (unpaired) electrons. The Morgan fingerprint density at radius 3 is 2.50 bits per heavy atom. The Hall–Kier alpha value is -0.610. The number of likely N-dealkylation sites (tertiary alicyclic amines) is 2. The molecule has 1 amide bonds. The van der Waals surface area contributed by atoms with E-state index in [-0.39, 0.29) is 12.0 Å². The average Bonchev–Trinajstić information content (AvgIpc) is 3.08. The molecule has 2 N–H and O–H groups in total. The van der Waals surface area contributed by atoms with Crippen molar-refractivity contribution in [2.75, 3.05) is 26.2 Å². The fourth-order valence-corrected chi connectivity index (χ4v) is 4.23. The molecule has 0 aromatic rings. The van der Waals surface area contributed by atoms with Crippen LogP contribution in [-0.2, 0) is 4.79 Å². The summed E-state index contributed by atoms with van der Waals surface area (Å²) >= 11 is 0. The van der Waals surface area contributed by atoms with Gasteiger partial charge in [0, 0.05) is 31.1 Å². The van der Waals surface area contributed by atoms with Gasteiger partial charge in [0.25, 0.3) is 0 Å². The smallest absolute Gasteiger partial charge is 0.226 e. The second kappa shape index (κ2) is 6.44. The van der Waals surface area contributed by atoms with Crippen molar-refractivity contribution in [2.24, 2.45) is 11.7 Å².